The number of rotatable bonds is 6. The first kappa shape index (κ1) is 18.1. The summed E-state index contributed by atoms with van der Waals surface area (Å²) >= 11 is 0. The van der Waals surface area contributed by atoms with Crippen molar-refractivity contribution >= 4 is 23.5 Å². The van der Waals surface area contributed by atoms with E-state index in [1.54, 1.807) is 42.5 Å². The molecule has 1 heterocycles. The van der Waals surface area contributed by atoms with E-state index in [2.05, 4.69) is 10.5 Å². The normalized spacial score (nSPS) is 13.0. The molecule has 0 atom stereocenters. The van der Waals surface area contributed by atoms with Crippen molar-refractivity contribution in [2.75, 3.05) is 14.2 Å². The summed E-state index contributed by atoms with van der Waals surface area (Å²) in [6, 6.07) is 11.7. The minimum Gasteiger partial charge on any atom is -0.488 e. The van der Waals surface area contributed by atoms with Crippen molar-refractivity contribution in [2.45, 2.75) is 6.61 Å². The van der Waals surface area contributed by atoms with Gasteiger partial charge in [0.1, 0.15) is 19.5 Å². The zero-order chi connectivity index (χ0) is 19.4. The predicted molar refractivity (Wildman–Crippen MR) is 94.6 cm³/mol. The Balaban J connectivity index is 1.91. The Kier molecular flexibility index (Phi) is 5.16. The Labute approximate surface area is 154 Å². The highest BCUT2D eigenvalue weighted by atomic mass is 16.6. The molecule has 138 valence electrons. The molecule has 1 aliphatic rings. The fraction of sp³-hybridized carbons (Fsp3) is 0.158. The fourth-order valence-corrected chi connectivity index (χ4v) is 2.72. The molecule has 0 radical (unpaired) electrons. The molecule has 0 saturated heterocycles. The summed E-state index contributed by atoms with van der Waals surface area (Å²) < 4.78 is 10.5. The van der Waals surface area contributed by atoms with E-state index in [1.807, 2.05) is 0 Å². The molecule has 8 nitrogen and oxygen atoms in total. The van der Waals surface area contributed by atoms with Gasteiger partial charge in [-0.2, -0.15) is 0 Å². The van der Waals surface area contributed by atoms with E-state index in [0.717, 1.165) is 0 Å². The second-order valence-electron chi connectivity index (χ2n) is 5.52. The van der Waals surface area contributed by atoms with Crippen molar-refractivity contribution in [1.29, 1.82) is 0 Å². The van der Waals surface area contributed by atoms with E-state index in [-0.39, 0.29) is 29.2 Å². The van der Waals surface area contributed by atoms with Gasteiger partial charge in [0.25, 0.3) is 11.8 Å². The molecule has 1 aliphatic heterocycles. The lowest BCUT2D eigenvalue weighted by molar-refractivity contribution is -0.132. The maximum Gasteiger partial charge on any atom is 0.360 e. The van der Waals surface area contributed by atoms with E-state index in [1.165, 1.54) is 14.2 Å². The van der Waals surface area contributed by atoms with Crippen LogP contribution in [0.5, 0.6) is 5.75 Å². The monoisotopic (exact) mass is 368 g/mol. The molecular formula is C19H16N2O6. The maximum atomic E-state index is 12.0. The SMILES string of the molecule is CON=C(C(=O)OC)c1ccccc1COc1cccc2c1C(=O)NC2=O. The van der Waals surface area contributed by atoms with Crippen molar-refractivity contribution in [1.82, 2.24) is 5.32 Å². The zero-order valence-electron chi connectivity index (χ0n) is 14.6. The lowest BCUT2D eigenvalue weighted by Gasteiger charge is -2.13. The van der Waals surface area contributed by atoms with Crippen LogP contribution in [-0.4, -0.2) is 37.7 Å². The summed E-state index contributed by atoms with van der Waals surface area (Å²) in [5.41, 5.74) is 1.55. The largest absolute Gasteiger partial charge is 0.488 e. The van der Waals surface area contributed by atoms with Gasteiger partial charge >= 0.3 is 5.97 Å². The minimum absolute atomic E-state index is 0.00888. The van der Waals surface area contributed by atoms with Crippen LogP contribution in [0.2, 0.25) is 0 Å². The van der Waals surface area contributed by atoms with Gasteiger partial charge in [-0.1, -0.05) is 35.5 Å². The predicted octanol–water partition coefficient (Wildman–Crippen LogP) is 1.67. The second kappa shape index (κ2) is 7.69. The number of esters is 1. The van der Waals surface area contributed by atoms with Gasteiger partial charge in [-0.05, 0) is 17.7 Å². The zero-order valence-corrected chi connectivity index (χ0v) is 14.6. The molecule has 2 aromatic rings. The molecule has 2 aromatic carbocycles. The second-order valence-corrected chi connectivity index (χ2v) is 5.52. The van der Waals surface area contributed by atoms with Crippen molar-refractivity contribution in [3.8, 4) is 5.75 Å². The van der Waals surface area contributed by atoms with Crippen molar-refractivity contribution in [3.63, 3.8) is 0 Å². The molecule has 0 aliphatic carbocycles. The first-order valence-corrected chi connectivity index (χ1v) is 7.96. The molecule has 0 aromatic heterocycles. The number of carbonyl (C=O) groups excluding carboxylic acids is 3. The van der Waals surface area contributed by atoms with Crippen LogP contribution in [0.4, 0.5) is 0 Å². The van der Waals surface area contributed by atoms with Crippen LogP contribution >= 0.6 is 0 Å². The number of nitrogens with one attached hydrogen (secondary N) is 1. The Morgan fingerprint density at radius 1 is 1.04 bits per heavy atom. The number of fused-ring (bicyclic) bond motifs is 1. The third-order valence-corrected chi connectivity index (χ3v) is 3.94. The Morgan fingerprint density at radius 3 is 2.56 bits per heavy atom. The van der Waals surface area contributed by atoms with Crippen LogP contribution in [0.25, 0.3) is 0 Å². The lowest BCUT2D eigenvalue weighted by atomic mass is 10.0. The quantitative estimate of drug-likeness (QED) is 0.360. The highest BCUT2D eigenvalue weighted by Gasteiger charge is 2.30. The van der Waals surface area contributed by atoms with Crippen LogP contribution in [-0.2, 0) is 21.0 Å². The van der Waals surface area contributed by atoms with E-state index in [0.29, 0.717) is 11.1 Å². The Bertz CT molecular complexity index is 951. The maximum absolute atomic E-state index is 12.0. The van der Waals surface area contributed by atoms with Gasteiger partial charge in [-0.15, -0.1) is 0 Å². The van der Waals surface area contributed by atoms with Gasteiger partial charge in [0.2, 0.25) is 0 Å². The molecule has 0 fully saturated rings. The van der Waals surface area contributed by atoms with Gasteiger partial charge in [-0.3, -0.25) is 14.9 Å². The summed E-state index contributed by atoms with van der Waals surface area (Å²) in [5.74, 6) is -1.35. The number of imide groups is 1. The molecule has 2 amide bonds. The number of carbonyl (C=O) groups is 3. The molecular weight excluding hydrogens is 352 g/mol. The van der Waals surface area contributed by atoms with E-state index in [9.17, 15) is 14.4 Å². The molecule has 0 spiro atoms. The standard InChI is InChI=1S/C19H16N2O6/c1-25-19(24)16(21-26-2)12-7-4-3-6-11(12)10-27-14-9-5-8-13-15(14)18(23)20-17(13)22/h3-9H,10H2,1-2H3,(H,20,22,23). The third kappa shape index (κ3) is 3.50. The Morgan fingerprint density at radius 2 is 1.81 bits per heavy atom. The minimum atomic E-state index is -0.658. The Hall–Kier alpha value is -3.68. The van der Waals surface area contributed by atoms with E-state index < -0.39 is 17.8 Å². The summed E-state index contributed by atoms with van der Waals surface area (Å²) in [4.78, 5) is 40.5. The number of hydrogen-bond donors (Lipinski definition) is 1. The number of methoxy groups -OCH3 is 1. The van der Waals surface area contributed by atoms with Crippen molar-refractivity contribution in [3.05, 3.63) is 64.7 Å². The highest BCUT2D eigenvalue weighted by Crippen LogP contribution is 2.27. The van der Waals surface area contributed by atoms with E-state index in [4.69, 9.17) is 14.3 Å². The molecule has 1 N–H and O–H groups in total. The number of amides is 2. The number of hydrogen-bond acceptors (Lipinski definition) is 7. The average Bonchev–Trinajstić information content (AvgIpc) is 2.98. The molecule has 0 saturated carbocycles. The number of benzene rings is 2. The van der Waals surface area contributed by atoms with Crippen molar-refractivity contribution in [2.24, 2.45) is 5.16 Å². The fourth-order valence-electron chi connectivity index (χ4n) is 2.72. The van der Waals surface area contributed by atoms with Gasteiger partial charge in [0.05, 0.1) is 18.2 Å². The van der Waals surface area contributed by atoms with Crippen LogP contribution in [0, 0.1) is 0 Å². The molecule has 3 rings (SSSR count). The van der Waals surface area contributed by atoms with Crippen LogP contribution in [0.3, 0.4) is 0 Å². The molecule has 0 unspecified atom stereocenters. The van der Waals surface area contributed by atoms with Gasteiger partial charge < -0.3 is 14.3 Å². The summed E-state index contributed by atoms with van der Waals surface area (Å²) in [6.45, 7) is 0.0355. The van der Waals surface area contributed by atoms with Gasteiger partial charge in [-0.25, -0.2) is 4.79 Å². The first-order valence-electron chi connectivity index (χ1n) is 7.96. The number of oxime groups is 1. The summed E-state index contributed by atoms with van der Waals surface area (Å²) in [5, 5.41) is 5.97. The molecule has 8 heteroatoms. The molecule has 0 bridgehead atoms. The van der Waals surface area contributed by atoms with E-state index >= 15 is 0 Å². The number of nitrogens with zero attached hydrogens (tertiary/aromatic N) is 1. The smallest absolute Gasteiger partial charge is 0.360 e. The third-order valence-electron chi connectivity index (χ3n) is 3.94. The van der Waals surface area contributed by atoms with Crippen LogP contribution in [0.15, 0.2) is 47.6 Å². The first-order chi connectivity index (χ1) is 13.1. The van der Waals surface area contributed by atoms with Crippen molar-refractivity contribution < 1.29 is 28.7 Å². The topological polar surface area (TPSA) is 103 Å². The van der Waals surface area contributed by atoms with Crippen LogP contribution in [0.1, 0.15) is 31.8 Å². The van der Waals surface area contributed by atoms with Crippen LogP contribution < -0.4 is 10.1 Å². The van der Waals surface area contributed by atoms with Gasteiger partial charge in [0.15, 0.2) is 5.71 Å². The highest BCUT2D eigenvalue weighted by molar-refractivity contribution is 6.43. The molecule has 27 heavy (non-hydrogen) atoms. The number of ether oxygens (including phenoxy) is 2. The summed E-state index contributed by atoms with van der Waals surface area (Å²) in [7, 11) is 2.57. The summed E-state index contributed by atoms with van der Waals surface area (Å²) in [6.07, 6.45) is 0. The average molecular weight is 368 g/mol. The van der Waals surface area contributed by atoms with Gasteiger partial charge in [0, 0.05) is 5.56 Å². The lowest BCUT2D eigenvalue weighted by Crippen LogP contribution is -2.20.